The highest BCUT2D eigenvalue weighted by molar-refractivity contribution is 6.30. The lowest BCUT2D eigenvalue weighted by Crippen LogP contribution is -2.12. The molecular formula is C16H15ClN4O3. The first-order valence-electron chi connectivity index (χ1n) is 7.12. The van der Waals surface area contributed by atoms with Gasteiger partial charge in [0.05, 0.1) is 11.3 Å². The van der Waals surface area contributed by atoms with Gasteiger partial charge in [-0.3, -0.25) is 4.79 Å². The molecule has 2 N–H and O–H groups in total. The number of rotatable bonds is 4. The first-order valence-corrected chi connectivity index (χ1v) is 7.49. The lowest BCUT2D eigenvalue weighted by Gasteiger charge is -2.08. The normalized spacial score (nSPS) is 10.8. The van der Waals surface area contributed by atoms with Crippen LogP contribution < -0.4 is 10.5 Å². The molecule has 0 spiro atoms. The molecule has 1 amide bonds. The van der Waals surface area contributed by atoms with Crippen LogP contribution in [0.5, 0.6) is 11.6 Å². The van der Waals surface area contributed by atoms with Crippen LogP contribution in [-0.2, 0) is 7.05 Å². The number of benzene rings is 1. The summed E-state index contributed by atoms with van der Waals surface area (Å²) in [5, 5.41) is 8.91. The Morgan fingerprint density at radius 2 is 1.96 bits per heavy atom. The highest BCUT2D eigenvalue weighted by Crippen LogP contribution is 2.37. The second kappa shape index (κ2) is 6.01. The highest BCUT2D eigenvalue weighted by atomic mass is 35.5. The van der Waals surface area contributed by atoms with Gasteiger partial charge in [-0.15, -0.1) is 0 Å². The topological polar surface area (TPSA) is 96.2 Å². The Hall–Kier alpha value is -2.80. The van der Waals surface area contributed by atoms with Crippen molar-refractivity contribution in [3.8, 4) is 22.9 Å². The average molecular weight is 347 g/mol. The third kappa shape index (κ3) is 2.74. The van der Waals surface area contributed by atoms with Crippen molar-refractivity contribution in [3.05, 3.63) is 46.3 Å². The largest absolute Gasteiger partial charge is 0.439 e. The van der Waals surface area contributed by atoms with Gasteiger partial charge in [-0.05, 0) is 38.1 Å². The van der Waals surface area contributed by atoms with Gasteiger partial charge < -0.3 is 15.0 Å². The molecule has 0 unspecified atom stereocenters. The molecule has 2 heterocycles. The van der Waals surface area contributed by atoms with E-state index in [1.165, 1.54) is 0 Å². The first-order chi connectivity index (χ1) is 11.4. The van der Waals surface area contributed by atoms with Crippen molar-refractivity contribution in [1.29, 1.82) is 0 Å². The van der Waals surface area contributed by atoms with Crippen LogP contribution in [0.25, 0.3) is 11.3 Å². The third-order valence-electron chi connectivity index (χ3n) is 3.54. The maximum absolute atomic E-state index is 11.7. The van der Waals surface area contributed by atoms with Crippen molar-refractivity contribution in [1.82, 2.24) is 14.9 Å². The van der Waals surface area contributed by atoms with Gasteiger partial charge in [0.25, 0.3) is 5.91 Å². The molecule has 0 radical (unpaired) electrons. The van der Waals surface area contributed by atoms with Gasteiger partial charge in [-0.2, -0.15) is 5.10 Å². The van der Waals surface area contributed by atoms with E-state index < -0.39 is 5.91 Å². The van der Waals surface area contributed by atoms with Gasteiger partial charge in [0.1, 0.15) is 22.8 Å². The monoisotopic (exact) mass is 346 g/mol. The SMILES string of the molecule is Cc1nn(C)c(Oc2ccc(Cl)cc2)c1-c1noc(C)c1C(N)=O. The number of amides is 1. The van der Waals surface area contributed by atoms with Gasteiger partial charge >= 0.3 is 0 Å². The maximum Gasteiger partial charge on any atom is 0.254 e. The van der Waals surface area contributed by atoms with E-state index in [4.69, 9.17) is 26.6 Å². The molecule has 0 aliphatic heterocycles. The molecule has 3 aromatic rings. The summed E-state index contributed by atoms with van der Waals surface area (Å²) in [4.78, 5) is 11.7. The van der Waals surface area contributed by atoms with Crippen LogP contribution in [0, 0.1) is 13.8 Å². The number of halogens is 1. The summed E-state index contributed by atoms with van der Waals surface area (Å²) in [6, 6.07) is 6.90. The molecular weight excluding hydrogens is 332 g/mol. The van der Waals surface area contributed by atoms with E-state index in [0.29, 0.717) is 39.4 Å². The summed E-state index contributed by atoms with van der Waals surface area (Å²) >= 11 is 5.89. The highest BCUT2D eigenvalue weighted by Gasteiger charge is 2.27. The smallest absolute Gasteiger partial charge is 0.254 e. The summed E-state index contributed by atoms with van der Waals surface area (Å²) in [5.41, 5.74) is 7.17. The predicted molar refractivity (Wildman–Crippen MR) is 88.2 cm³/mol. The quantitative estimate of drug-likeness (QED) is 0.782. The fourth-order valence-electron chi connectivity index (χ4n) is 2.47. The summed E-state index contributed by atoms with van der Waals surface area (Å²) < 4.78 is 12.6. The molecule has 0 bridgehead atoms. The standard InChI is InChI=1S/C16H15ClN4O3/c1-8-12(14-13(15(18)22)9(2)24-20-14)16(21(3)19-8)23-11-6-4-10(17)5-7-11/h4-7H,1-3H3,(H2,18,22). The first kappa shape index (κ1) is 16.1. The van der Waals surface area contributed by atoms with Crippen molar-refractivity contribution < 1.29 is 14.1 Å². The molecule has 0 saturated carbocycles. The molecule has 0 saturated heterocycles. The third-order valence-corrected chi connectivity index (χ3v) is 3.80. The zero-order valence-corrected chi connectivity index (χ0v) is 14.1. The minimum Gasteiger partial charge on any atom is -0.439 e. The Morgan fingerprint density at radius 1 is 1.29 bits per heavy atom. The number of hydrogen-bond donors (Lipinski definition) is 1. The van der Waals surface area contributed by atoms with Crippen LogP contribution in [0.2, 0.25) is 5.02 Å². The minimum atomic E-state index is -0.621. The number of ether oxygens (including phenoxy) is 1. The number of nitrogens with zero attached hydrogens (tertiary/aromatic N) is 3. The van der Waals surface area contributed by atoms with Crippen molar-refractivity contribution in [2.75, 3.05) is 0 Å². The molecule has 8 heteroatoms. The van der Waals surface area contributed by atoms with Crippen molar-refractivity contribution in [2.24, 2.45) is 12.8 Å². The Morgan fingerprint density at radius 3 is 2.58 bits per heavy atom. The van der Waals surface area contributed by atoms with Crippen molar-refractivity contribution in [3.63, 3.8) is 0 Å². The van der Waals surface area contributed by atoms with Crippen LogP contribution in [0.1, 0.15) is 21.8 Å². The molecule has 1 aromatic carbocycles. The zero-order chi connectivity index (χ0) is 17.4. The number of primary amides is 1. The van der Waals surface area contributed by atoms with E-state index >= 15 is 0 Å². The average Bonchev–Trinajstić information content (AvgIpc) is 3.01. The molecule has 0 atom stereocenters. The van der Waals surface area contributed by atoms with E-state index in [0.717, 1.165) is 0 Å². The molecule has 3 rings (SSSR count). The molecule has 2 aromatic heterocycles. The lowest BCUT2D eigenvalue weighted by atomic mass is 10.1. The van der Waals surface area contributed by atoms with Gasteiger partial charge in [-0.1, -0.05) is 16.8 Å². The minimum absolute atomic E-state index is 0.215. The van der Waals surface area contributed by atoms with Crippen LogP contribution in [0.4, 0.5) is 0 Å². The van der Waals surface area contributed by atoms with Crippen LogP contribution >= 0.6 is 11.6 Å². The number of aromatic nitrogens is 3. The number of nitrogens with two attached hydrogens (primary N) is 1. The van der Waals surface area contributed by atoms with Gasteiger partial charge in [-0.25, -0.2) is 4.68 Å². The van der Waals surface area contributed by atoms with Crippen molar-refractivity contribution >= 4 is 17.5 Å². The fraction of sp³-hybridized carbons (Fsp3) is 0.188. The predicted octanol–water partition coefficient (Wildman–Crippen LogP) is 3.24. The van der Waals surface area contributed by atoms with Gasteiger partial charge in [0.2, 0.25) is 5.88 Å². The summed E-state index contributed by atoms with van der Waals surface area (Å²) in [6.45, 7) is 3.42. The molecule has 0 aliphatic rings. The summed E-state index contributed by atoms with van der Waals surface area (Å²) in [5.74, 6) is 0.720. The van der Waals surface area contributed by atoms with Gasteiger partial charge in [0, 0.05) is 12.1 Å². The van der Waals surface area contributed by atoms with Gasteiger partial charge in [0.15, 0.2) is 0 Å². The van der Waals surface area contributed by atoms with E-state index in [9.17, 15) is 4.79 Å². The summed E-state index contributed by atoms with van der Waals surface area (Å²) in [7, 11) is 1.73. The molecule has 124 valence electrons. The Balaban J connectivity index is 2.13. The second-order valence-electron chi connectivity index (χ2n) is 5.27. The molecule has 0 aliphatic carbocycles. The molecule has 0 fully saturated rings. The Labute approximate surface area is 142 Å². The van der Waals surface area contributed by atoms with E-state index in [-0.39, 0.29) is 5.56 Å². The summed E-state index contributed by atoms with van der Waals surface area (Å²) in [6.07, 6.45) is 0. The van der Waals surface area contributed by atoms with E-state index in [2.05, 4.69) is 10.3 Å². The Kier molecular flexibility index (Phi) is 4.02. The molecule has 24 heavy (non-hydrogen) atoms. The lowest BCUT2D eigenvalue weighted by molar-refractivity contribution is 0.0999. The van der Waals surface area contributed by atoms with Crippen molar-refractivity contribution in [2.45, 2.75) is 13.8 Å². The van der Waals surface area contributed by atoms with Crippen LogP contribution in [0.15, 0.2) is 28.8 Å². The van der Waals surface area contributed by atoms with E-state index in [1.807, 2.05) is 0 Å². The number of aryl methyl sites for hydroxylation is 3. The fourth-order valence-corrected chi connectivity index (χ4v) is 2.60. The number of hydrogen-bond acceptors (Lipinski definition) is 5. The second-order valence-corrected chi connectivity index (χ2v) is 5.71. The molecule has 7 nitrogen and oxygen atoms in total. The Bertz CT molecular complexity index is 912. The number of carbonyl (C=O) groups is 1. The number of carbonyl (C=O) groups excluding carboxylic acids is 1. The van der Waals surface area contributed by atoms with Crippen LogP contribution in [-0.4, -0.2) is 20.8 Å². The maximum atomic E-state index is 11.7. The van der Waals surface area contributed by atoms with Crippen LogP contribution in [0.3, 0.4) is 0 Å². The van der Waals surface area contributed by atoms with E-state index in [1.54, 1.807) is 49.8 Å². The zero-order valence-electron chi connectivity index (χ0n) is 13.3.